The van der Waals surface area contributed by atoms with Crippen LogP contribution in [-0.4, -0.2) is 10.1 Å². The van der Waals surface area contributed by atoms with Gasteiger partial charge in [-0.05, 0) is 24.1 Å². The molecule has 1 unspecified atom stereocenters. The summed E-state index contributed by atoms with van der Waals surface area (Å²) in [5.74, 6) is 0. The maximum absolute atomic E-state index is 4.95. The minimum Gasteiger partial charge on any atom is -0.176 e. The number of hydrogen-bond donors (Lipinski definition) is 1. The van der Waals surface area contributed by atoms with Crippen molar-refractivity contribution in [3.05, 3.63) is 0 Å². The molecule has 1 fully saturated rings. The molecule has 0 saturated heterocycles. The topological polar surface area (TPSA) is 0 Å². The standard InChI is InChI=1S/C5H8S2/c6-4-1-2-5(7)3-4/h4,6H,1-3H2. The van der Waals surface area contributed by atoms with E-state index in [1.807, 2.05) is 0 Å². The van der Waals surface area contributed by atoms with E-state index in [-0.39, 0.29) is 0 Å². The molecule has 0 N–H and O–H groups in total. The van der Waals surface area contributed by atoms with Gasteiger partial charge in [-0.25, -0.2) is 0 Å². The van der Waals surface area contributed by atoms with Crippen LogP contribution < -0.4 is 0 Å². The minimum atomic E-state index is 0.576. The molecular formula is C5H8S2. The first kappa shape index (κ1) is 5.57. The molecule has 0 nitrogen and oxygen atoms in total. The molecule has 7 heavy (non-hydrogen) atoms. The SMILES string of the molecule is S=C1CCC(S)C1. The van der Waals surface area contributed by atoms with Crippen molar-refractivity contribution in [2.24, 2.45) is 0 Å². The van der Waals surface area contributed by atoms with Gasteiger partial charge in [-0.15, -0.1) is 0 Å². The van der Waals surface area contributed by atoms with Gasteiger partial charge in [0.1, 0.15) is 0 Å². The van der Waals surface area contributed by atoms with E-state index in [4.69, 9.17) is 12.2 Å². The van der Waals surface area contributed by atoms with Gasteiger partial charge in [0.2, 0.25) is 0 Å². The maximum Gasteiger partial charge on any atom is 0.00655 e. The highest BCUT2D eigenvalue weighted by Gasteiger charge is 2.14. The van der Waals surface area contributed by atoms with Crippen LogP contribution in [-0.2, 0) is 0 Å². The van der Waals surface area contributed by atoms with Crippen LogP contribution in [0.15, 0.2) is 0 Å². The molecule has 0 heterocycles. The van der Waals surface area contributed by atoms with Gasteiger partial charge in [0.15, 0.2) is 0 Å². The summed E-state index contributed by atoms with van der Waals surface area (Å²) >= 11 is 9.21. The molecule has 0 aromatic carbocycles. The van der Waals surface area contributed by atoms with Gasteiger partial charge in [-0.2, -0.15) is 12.6 Å². The van der Waals surface area contributed by atoms with Crippen molar-refractivity contribution in [2.75, 3.05) is 0 Å². The number of rotatable bonds is 0. The van der Waals surface area contributed by atoms with Crippen LogP contribution >= 0.6 is 24.8 Å². The van der Waals surface area contributed by atoms with Gasteiger partial charge in [-0.1, -0.05) is 12.2 Å². The summed E-state index contributed by atoms with van der Waals surface area (Å²) in [7, 11) is 0. The van der Waals surface area contributed by atoms with Crippen LogP contribution in [0.2, 0.25) is 0 Å². The van der Waals surface area contributed by atoms with E-state index >= 15 is 0 Å². The van der Waals surface area contributed by atoms with Crippen LogP contribution in [0.3, 0.4) is 0 Å². The second-order valence-electron chi connectivity index (χ2n) is 1.94. The lowest BCUT2D eigenvalue weighted by atomic mass is 10.4. The lowest BCUT2D eigenvalue weighted by Crippen LogP contribution is -1.87. The van der Waals surface area contributed by atoms with Crippen molar-refractivity contribution in [3.8, 4) is 0 Å². The highest BCUT2D eigenvalue weighted by Crippen LogP contribution is 2.20. The Morgan fingerprint density at radius 2 is 2.43 bits per heavy atom. The average Bonchev–Trinajstić information content (AvgIpc) is 1.87. The van der Waals surface area contributed by atoms with Crippen molar-refractivity contribution < 1.29 is 0 Å². The second-order valence-corrected chi connectivity index (χ2v) is 3.24. The van der Waals surface area contributed by atoms with Crippen molar-refractivity contribution in [2.45, 2.75) is 24.5 Å². The van der Waals surface area contributed by atoms with Crippen molar-refractivity contribution in [1.82, 2.24) is 0 Å². The van der Waals surface area contributed by atoms with E-state index in [1.165, 1.54) is 11.3 Å². The van der Waals surface area contributed by atoms with E-state index in [0.717, 1.165) is 12.8 Å². The van der Waals surface area contributed by atoms with Crippen molar-refractivity contribution in [3.63, 3.8) is 0 Å². The lowest BCUT2D eigenvalue weighted by molar-refractivity contribution is 0.913. The fourth-order valence-electron chi connectivity index (χ4n) is 0.795. The first-order valence-electron chi connectivity index (χ1n) is 2.49. The normalized spacial score (nSPS) is 31.6. The fourth-order valence-corrected chi connectivity index (χ4v) is 1.59. The Morgan fingerprint density at radius 3 is 2.57 bits per heavy atom. The highest BCUT2D eigenvalue weighted by molar-refractivity contribution is 7.82. The Labute approximate surface area is 54.7 Å². The van der Waals surface area contributed by atoms with E-state index < -0.39 is 0 Å². The predicted octanol–water partition coefficient (Wildman–Crippen LogP) is 1.84. The zero-order valence-electron chi connectivity index (χ0n) is 4.05. The Balaban J connectivity index is 2.40. The third-order valence-electron chi connectivity index (χ3n) is 1.22. The summed E-state index contributed by atoms with van der Waals surface area (Å²) < 4.78 is 0. The summed E-state index contributed by atoms with van der Waals surface area (Å²) in [6.45, 7) is 0. The van der Waals surface area contributed by atoms with Crippen LogP contribution in [0.1, 0.15) is 19.3 Å². The molecule has 0 radical (unpaired) electrons. The molecule has 40 valence electrons. The van der Waals surface area contributed by atoms with Crippen LogP contribution in [0.4, 0.5) is 0 Å². The highest BCUT2D eigenvalue weighted by atomic mass is 32.1. The molecule has 1 atom stereocenters. The molecule has 1 aliphatic rings. The van der Waals surface area contributed by atoms with Gasteiger partial charge in [0, 0.05) is 5.25 Å². The number of hydrogen-bond acceptors (Lipinski definition) is 2. The van der Waals surface area contributed by atoms with Crippen LogP contribution in [0.5, 0.6) is 0 Å². The molecule has 0 aromatic rings. The predicted molar refractivity (Wildman–Crippen MR) is 39.2 cm³/mol. The van der Waals surface area contributed by atoms with E-state index in [0.29, 0.717) is 5.25 Å². The summed E-state index contributed by atoms with van der Waals surface area (Å²) in [5.41, 5.74) is 0. The molecule has 1 aliphatic carbocycles. The summed E-state index contributed by atoms with van der Waals surface area (Å²) in [4.78, 5) is 1.21. The van der Waals surface area contributed by atoms with Gasteiger partial charge in [0.25, 0.3) is 0 Å². The molecular weight excluding hydrogens is 124 g/mol. The molecule has 0 bridgehead atoms. The first-order chi connectivity index (χ1) is 3.29. The molecule has 0 amide bonds. The van der Waals surface area contributed by atoms with Crippen molar-refractivity contribution in [1.29, 1.82) is 0 Å². The largest absolute Gasteiger partial charge is 0.176 e. The van der Waals surface area contributed by atoms with Gasteiger partial charge >= 0.3 is 0 Å². The Morgan fingerprint density at radius 1 is 1.71 bits per heavy atom. The first-order valence-corrected chi connectivity index (χ1v) is 3.41. The molecule has 0 spiro atoms. The monoisotopic (exact) mass is 132 g/mol. The maximum atomic E-state index is 4.95. The Kier molecular flexibility index (Phi) is 1.70. The third kappa shape index (κ3) is 1.42. The molecule has 1 saturated carbocycles. The van der Waals surface area contributed by atoms with Gasteiger partial charge in [0.05, 0.1) is 0 Å². The molecule has 0 aliphatic heterocycles. The smallest absolute Gasteiger partial charge is 0.00655 e. The fraction of sp³-hybridized carbons (Fsp3) is 0.800. The molecule has 1 rings (SSSR count). The van der Waals surface area contributed by atoms with E-state index in [2.05, 4.69) is 12.6 Å². The van der Waals surface area contributed by atoms with Gasteiger partial charge < -0.3 is 0 Å². The van der Waals surface area contributed by atoms with E-state index in [9.17, 15) is 0 Å². The quantitative estimate of drug-likeness (QED) is 0.387. The van der Waals surface area contributed by atoms with Crippen LogP contribution in [0, 0.1) is 0 Å². The lowest BCUT2D eigenvalue weighted by Gasteiger charge is -1.90. The zero-order valence-corrected chi connectivity index (χ0v) is 5.77. The average molecular weight is 132 g/mol. The minimum absolute atomic E-state index is 0.576. The van der Waals surface area contributed by atoms with Crippen molar-refractivity contribution >= 4 is 29.7 Å². The second kappa shape index (κ2) is 2.14. The number of thiocarbonyl (C=S) groups is 1. The summed E-state index contributed by atoms with van der Waals surface area (Å²) in [5, 5.41) is 0.576. The Hall–Kier alpha value is 0.440. The summed E-state index contributed by atoms with van der Waals surface area (Å²) in [6, 6.07) is 0. The zero-order chi connectivity index (χ0) is 5.28. The van der Waals surface area contributed by atoms with Crippen LogP contribution in [0.25, 0.3) is 0 Å². The Bertz CT molecular complexity index is 88.1. The molecule has 0 aromatic heterocycles. The summed E-state index contributed by atoms with van der Waals surface area (Å²) in [6.07, 6.45) is 3.39. The number of thiol groups is 1. The van der Waals surface area contributed by atoms with E-state index in [1.54, 1.807) is 0 Å². The molecule has 2 heteroatoms. The van der Waals surface area contributed by atoms with Gasteiger partial charge in [-0.3, -0.25) is 0 Å². The third-order valence-corrected chi connectivity index (χ3v) is 2.03.